The second-order valence-electron chi connectivity index (χ2n) is 4.20. The van der Waals surface area contributed by atoms with Gasteiger partial charge in [-0.15, -0.1) is 0 Å². The van der Waals surface area contributed by atoms with Crippen LogP contribution in [0, 0.1) is 5.41 Å². The third-order valence-corrected chi connectivity index (χ3v) is 4.46. The molecule has 1 unspecified atom stereocenters. The van der Waals surface area contributed by atoms with E-state index in [0.29, 0.717) is 11.1 Å². The van der Waals surface area contributed by atoms with Gasteiger partial charge in [0.25, 0.3) is 0 Å². The Morgan fingerprint density at radius 3 is 2.94 bits per heavy atom. The molecular formula is C12H16ClN3S. The van der Waals surface area contributed by atoms with E-state index in [-0.39, 0.29) is 5.84 Å². The first kappa shape index (κ1) is 12.6. The highest BCUT2D eigenvalue weighted by Crippen LogP contribution is 2.29. The number of nitrogens with two attached hydrogens (primary N) is 1. The molecule has 0 spiro atoms. The number of halogens is 1. The zero-order valence-electron chi connectivity index (χ0n) is 9.74. The summed E-state index contributed by atoms with van der Waals surface area (Å²) in [7, 11) is 2.06. The van der Waals surface area contributed by atoms with E-state index < -0.39 is 0 Å². The topological polar surface area (TPSA) is 53.1 Å². The first-order chi connectivity index (χ1) is 8.09. The Kier molecular flexibility index (Phi) is 3.84. The fraction of sp³-hybridized carbons (Fsp3) is 0.417. The van der Waals surface area contributed by atoms with E-state index in [9.17, 15) is 0 Å². The Hall–Kier alpha value is -0.870. The molecule has 1 aromatic carbocycles. The van der Waals surface area contributed by atoms with Gasteiger partial charge in [-0.3, -0.25) is 5.41 Å². The zero-order chi connectivity index (χ0) is 12.4. The summed E-state index contributed by atoms with van der Waals surface area (Å²) in [5, 5.41) is 8.24. The van der Waals surface area contributed by atoms with Crippen molar-refractivity contribution in [3.63, 3.8) is 0 Å². The maximum absolute atomic E-state index is 7.62. The van der Waals surface area contributed by atoms with Gasteiger partial charge in [-0.2, -0.15) is 11.8 Å². The van der Waals surface area contributed by atoms with Gasteiger partial charge in [0, 0.05) is 35.1 Å². The van der Waals surface area contributed by atoms with Crippen molar-refractivity contribution in [2.75, 3.05) is 23.5 Å². The zero-order valence-corrected chi connectivity index (χ0v) is 11.3. The van der Waals surface area contributed by atoms with Crippen LogP contribution in [-0.2, 0) is 0 Å². The van der Waals surface area contributed by atoms with Gasteiger partial charge in [0.15, 0.2) is 0 Å². The smallest absolute Gasteiger partial charge is 0.124 e. The fourth-order valence-electron chi connectivity index (χ4n) is 2.06. The summed E-state index contributed by atoms with van der Waals surface area (Å²) in [5.41, 5.74) is 7.33. The van der Waals surface area contributed by atoms with Crippen molar-refractivity contribution in [3.8, 4) is 0 Å². The third-order valence-electron chi connectivity index (χ3n) is 3.08. The maximum Gasteiger partial charge on any atom is 0.124 e. The minimum absolute atomic E-state index is 0.0694. The highest BCUT2D eigenvalue weighted by Gasteiger charge is 2.22. The molecule has 3 nitrogen and oxygen atoms in total. The average molecular weight is 270 g/mol. The van der Waals surface area contributed by atoms with Gasteiger partial charge < -0.3 is 10.6 Å². The normalized spacial score (nSPS) is 19.3. The molecule has 0 amide bonds. The first-order valence-electron chi connectivity index (χ1n) is 5.54. The number of thioether (sulfide) groups is 1. The summed E-state index contributed by atoms with van der Waals surface area (Å²) < 4.78 is 0. The summed E-state index contributed by atoms with van der Waals surface area (Å²) in [5.74, 6) is 2.41. The third kappa shape index (κ3) is 2.69. The van der Waals surface area contributed by atoms with Gasteiger partial charge in [0.1, 0.15) is 5.84 Å². The average Bonchev–Trinajstić information content (AvgIpc) is 2.81. The summed E-state index contributed by atoms with van der Waals surface area (Å²) in [6.07, 6.45) is 1.18. The van der Waals surface area contributed by atoms with E-state index in [1.54, 1.807) is 6.07 Å². The molecule has 0 aliphatic carbocycles. The van der Waals surface area contributed by atoms with Crippen molar-refractivity contribution in [2.45, 2.75) is 12.5 Å². The van der Waals surface area contributed by atoms with Crippen LogP contribution in [0.2, 0.25) is 5.02 Å². The minimum Gasteiger partial charge on any atom is -0.384 e. The molecule has 0 radical (unpaired) electrons. The Bertz CT molecular complexity index is 430. The number of nitrogens with one attached hydrogen (secondary N) is 1. The predicted molar refractivity (Wildman–Crippen MR) is 76.6 cm³/mol. The molecule has 92 valence electrons. The number of benzene rings is 1. The molecule has 1 aromatic rings. The predicted octanol–water partition coefficient (Wildman–Crippen LogP) is 2.57. The molecular weight excluding hydrogens is 254 g/mol. The van der Waals surface area contributed by atoms with Crippen molar-refractivity contribution in [1.29, 1.82) is 5.41 Å². The first-order valence-corrected chi connectivity index (χ1v) is 7.07. The number of amidine groups is 1. The SMILES string of the molecule is CN(c1ccc(Cl)cc1C(=N)N)C1CCSC1. The number of hydrogen-bond acceptors (Lipinski definition) is 3. The van der Waals surface area contributed by atoms with Crippen LogP contribution in [0.1, 0.15) is 12.0 Å². The van der Waals surface area contributed by atoms with E-state index in [0.717, 1.165) is 17.0 Å². The van der Waals surface area contributed by atoms with Gasteiger partial charge in [-0.1, -0.05) is 11.6 Å². The second kappa shape index (κ2) is 5.19. The molecule has 3 N–H and O–H groups in total. The Morgan fingerprint density at radius 2 is 2.35 bits per heavy atom. The second-order valence-corrected chi connectivity index (χ2v) is 5.79. The number of hydrogen-bond donors (Lipinski definition) is 2. The van der Waals surface area contributed by atoms with E-state index in [4.69, 9.17) is 22.7 Å². The van der Waals surface area contributed by atoms with Crippen LogP contribution in [0.4, 0.5) is 5.69 Å². The van der Waals surface area contributed by atoms with Crippen molar-refractivity contribution < 1.29 is 0 Å². The van der Waals surface area contributed by atoms with Crippen molar-refractivity contribution in [1.82, 2.24) is 0 Å². The molecule has 0 saturated carbocycles. The summed E-state index contributed by atoms with van der Waals surface area (Å²) in [4.78, 5) is 2.22. The number of rotatable bonds is 3. The van der Waals surface area contributed by atoms with E-state index >= 15 is 0 Å². The quantitative estimate of drug-likeness (QED) is 0.655. The highest BCUT2D eigenvalue weighted by molar-refractivity contribution is 7.99. The van der Waals surface area contributed by atoms with Gasteiger partial charge >= 0.3 is 0 Å². The molecule has 1 saturated heterocycles. The van der Waals surface area contributed by atoms with Gasteiger partial charge in [-0.05, 0) is 30.4 Å². The lowest BCUT2D eigenvalue weighted by molar-refractivity contribution is 0.699. The molecule has 1 aliphatic heterocycles. The molecule has 0 bridgehead atoms. The minimum atomic E-state index is 0.0694. The van der Waals surface area contributed by atoms with Crippen LogP contribution in [0.25, 0.3) is 0 Å². The van der Waals surface area contributed by atoms with Crippen LogP contribution >= 0.6 is 23.4 Å². The van der Waals surface area contributed by atoms with Crippen LogP contribution in [0.3, 0.4) is 0 Å². The molecule has 1 aliphatic rings. The number of nitrogen functional groups attached to an aromatic ring is 1. The molecule has 5 heteroatoms. The lowest BCUT2D eigenvalue weighted by atomic mass is 10.1. The van der Waals surface area contributed by atoms with E-state index in [1.807, 2.05) is 23.9 Å². The van der Waals surface area contributed by atoms with Crippen LogP contribution in [-0.4, -0.2) is 30.4 Å². The molecule has 1 heterocycles. The van der Waals surface area contributed by atoms with Crippen molar-refractivity contribution >= 4 is 34.9 Å². The molecule has 1 atom stereocenters. The van der Waals surface area contributed by atoms with Gasteiger partial charge in [-0.25, -0.2) is 0 Å². The largest absolute Gasteiger partial charge is 0.384 e. The number of anilines is 1. The van der Waals surface area contributed by atoms with Crippen molar-refractivity contribution in [2.24, 2.45) is 5.73 Å². The van der Waals surface area contributed by atoms with Crippen LogP contribution in [0.15, 0.2) is 18.2 Å². The van der Waals surface area contributed by atoms with Gasteiger partial charge in [0.2, 0.25) is 0 Å². The van der Waals surface area contributed by atoms with Crippen molar-refractivity contribution in [3.05, 3.63) is 28.8 Å². The van der Waals surface area contributed by atoms with E-state index in [2.05, 4.69) is 11.9 Å². The highest BCUT2D eigenvalue weighted by atomic mass is 35.5. The standard InChI is InChI=1S/C12H16ClN3S/c1-16(9-4-5-17-7-9)11-3-2-8(13)6-10(11)12(14)15/h2-3,6,9H,4-5,7H2,1H3,(H3,14,15). The molecule has 0 aromatic heterocycles. The Morgan fingerprint density at radius 1 is 1.59 bits per heavy atom. The summed E-state index contributed by atoms with van der Waals surface area (Å²) in [6, 6.07) is 6.08. The molecule has 17 heavy (non-hydrogen) atoms. The summed E-state index contributed by atoms with van der Waals surface area (Å²) >= 11 is 7.92. The fourth-order valence-corrected chi connectivity index (χ4v) is 3.50. The monoisotopic (exact) mass is 269 g/mol. The van der Waals surface area contributed by atoms with Gasteiger partial charge in [0.05, 0.1) is 0 Å². The lowest BCUT2D eigenvalue weighted by Crippen LogP contribution is -2.33. The lowest BCUT2D eigenvalue weighted by Gasteiger charge is -2.28. The van der Waals surface area contributed by atoms with Crippen LogP contribution < -0.4 is 10.6 Å². The molecule has 2 rings (SSSR count). The molecule has 1 fully saturated rings. The van der Waals surface area contributed by atoms with Crippen LogP contribution in [0.5, 0.6) is 0 Å². The van der Waals surface area contributed by atoms with E-state index in [1.165, 1.54) is 12.2 Å². The Labute approximate surface area is 111 Å². The summed E-state index contributed by atoms with van der Waals surface area (Å²) in [6.45, 7) is 0. The Balaban J connectivity index is 2.33. The number of nitrogens with zero attached hydrogens (tertiary/aromatic N) is 1. The maximum atomic E-state index is 7.62.